The Morgan fingerprint density at radius 3 is 3.00 bits per heavy atom. The van der Waals surface area contributed by atoms with E-state index in [1.165, 1.54) is 15.9 Å². The quantitative estimate of drug-likeness (QED) is 0.749. The van der Waals surface area contributed by atoms with Crippen LogP contribution in [0.15, 0.2) is 17.5 Å². The average Bonchev–Trinajstić information content (AvgIpc) is 2.92. The van der Waals surface area contributed by atoms with E-state index in [9.17, 15) is 4.79 Å². The molecule has 0 aliphatic carbocycles. The lowest BCUT2D eigenvalue weighted by molar-refractivity contribution is 0.0695. The third-order valence-corrected chi connectivity index (χ3v) is 3.67. The molecule has 0 atom stereocenters. The summed E-state index contributed by atoms with van der Waals surface area (Å²) in [7, 11) is 0. The number of hydrogen-bond acceptors (Lipinski definition) is 6. The zero-order valence-corrected chi connectivity index (χ0v) is 9.33. The minimum absolute atomic E-state index is 0.0164. The van der Waals surface area contributed by atoms with Crippen LogP contribution >= 0.6 is 22.7 Å². The summed E-state index contributed by atoms with van der Waals surface area (Å²) in [6.07, 6.45) is 0. The molecule has 0 fully saturated rings. The first-order valence-electron chi connectivity index (χ1n) is 4.25. The summed E-state index contributed by atoms with van der Waals surface area (Å²) in [5.74, 6) is -0.471. The van der Waals surface area contributed by atoms with Gasteiger partial charge in [-0.2, -0.15) is 4.52 Å². The largest absolute Gasteiger partial charge is 0.476 e. The maximum atomic E-state index is 10.8. The van der Waals surface area contributed by atoms with E-state index in [4.69, 9.17) is 5.11 Å². The van der Waals surface area contributed by atoms with Crippen molar-refractivity contribution in [3.63, 3.8) is 0 Å². The van der Waals surface area contributed by atoms with Crippen LogP contribution in [0.4, 0.5) is 0 Å². The second-order valence-corrected chi connectivity index (χ2v) is 4.81. The average molecular weight is 252 g/mol. The number of carboxylic acid groups (broad SMARTS) is 1. The Balaban J connectivity index is 2.23. The normalized spacial score (nSPS) is 11.0. The van der Waals surface area contributed by atoms with Crippen molar-refractivity contribution in [2.75, 3.05) is 0 Å². The second-order valence-electron chi connectivity index (χ2n) is 2.91. The highest BCUT2D eigenvalue weighted by atomic mass is 32.1. The summed E-state index contributed by atoms with van der Waals surface area (Å²) in [6.45, 7) is 0. The number of rotatable bonds is 2. The van der Waals surface area contributed by atoms with Gasteiger partial charge in [0.25, 0.3) is 0 Å². The first kappa shape index (κ1) is 9.43. The van der Waals surface area contributed by atoms with Gasteiger partial charge in [-0.25, -0.2) is 4.79 Å². The Morgan fingerprint density at radius 2 is 2.31 bits per heavy atom. The second kappa shape index (κ2) is 3.35. The number of aromatic carboxylic acids is 1. The summed E-state index contributed by atoms with van der Waals surface area (Å²) in [6, 6.07) is 3.78. The molecule has 0 aromatic carbocycles. The molecular formula is C8H4N4O2S2. The van der Waals surface area contributed by atoms with E-state index in [1.807, 2.05) is 17.5 Å². The van der Waals surface area contributed by atoms with Crippen molar-refractivity contribution < 1.29 is 9.90 Å². The molecule has 16 heavy (non-hydrogen) atoms. The predicted octanol–water partition coefficient (Wildman–Crippen LogP) is 1.61. The zero-order valence-electron chi connectivity index (χ0n) is 7.69. The van der Waals surface area contributed by atoms with Crippen molar-refractivity contribution in [1.82, 2.24) is 19.8 Å². The van der Waals surface area contributed by atoms with Crippen molar-refractivity contribution in [2.45, 2.75) is 0 Å². The molecule has 0 aliphatic heterocycles. The van der Waals surface area contributed by atoms with Gasteiger partial charge in [0.05, 0.1) is 4.88 Å². The Hall–Kier alpha value is -1.80. The van der Waals surface area contributed by atoms with Crippen LogP contribution in [-0.2, 0) is 0 Å². The monoisotopic (exact) mass is 252 g/mol. The maximum Gasteiger partial charge on any atom is 0.367 e. The standard InChI is InChI=1S/C8H4N4O2S2/c13-7(14)6-11-12-5(4-2-1-3-15-4)9-10-8(12)16-6/h1-3H,(H,13,14). The smallest absolute Gasteiger partial charge is 0.367 e. The van der Waals surface area contributed by atoms with Crippen LogP contribution in [0, 0.1) is 0 Å². The molecule has 8 heteroatoms. The molecule has 80 valence electrons. The van der Waals surface area contributed by atoms with Crippen molar-refractivity contribution in [3.05, 3.63) is 22.5 Å². The molecule has 0 bridgehead atoms. The van der Waals surface area contributed by atoms with Crippen LogP contribution in [-0.4, -0.2) is 30.9 Å². The molecule has 3 rings (SSSR count). The maximum absolute atomic E-state index is 10.8. The van der Waals surface area contributed by atoms with Gasteiger partial charge in [-0.1, -0.05) is 17.4 Å². The highest BCUT2D eigenvalue weighted by Gasteiger charge is 2.17. The van der Waals surface area contributed by atoms with Crippen molar-refractivity contribution in [1.29, 1.82) is 0 Å². The molecule has 0 amide bonds. The topological polar surface area (TPSA) is 80.4 Å². The van der Waals surface area contributed by atoms with Gasteiger partial charge in [0.15, 0.2) is 5.82 Å². The third kappa shape index (κ3) is 1.31. The Kier molecular flexibility index (Phi) is 1.98. The molecule has 0 unspecified atom stereocenters. The number of thiophene rings is 1. The van der Waals surface area contributed by atoms with Crippen LogP contribution in [0.2, 0.25) is 0 Å². The molecule has 0 saturated carbocycles. The lowest BCUT2D eigenvalue weighted by atomic mass is 10.4. The highest BCUT2D eigenvalue weighted by molar-refractivity contribution is 7.18. The van der Waals surface area contributed by atoms with Gasteiger partial charge >= 0.3 is 5.97 Å². The minimum Gasteiger partial charge on any atom is -0.476 e. The number of carbonyl (C=O) groups is 1. The molecule has 3 aromatic rings. The van der Waals surface area contributed by atoms with Gasteiger partial charge in [0.2, 0.25) is 9.97 Å². The molecule has 3 aromatic heterocycles. The Morgan fingerprint density at radius 1 is 1.44 bits per heavy atom. The summed E-state index contributed by atoms with van der Waals surface area (Å²) in [4.78, 5) is 12.2. The predicted molar refractivity (Wildman–Crippen MR) is 58.9 cm³/mol. The lowest BCUT2D eigenvalue weighted by Gasteiger charge is -1.89. The summed E-state index contributed by atoms with van der Waals surface area (Å²) in [5.41, 5.74) is 0. The van der Waals surface area contributed by atoms with E-state index in [0.717, 1.165) is 16.2 Å². The van der Waals surface area contributed by atoms with Gasteiger partial charge in [0, 0.05) is 0 Å². The minimum atomic E-state index is -1.05. The fourth-order valence-electron chi connectivity index (χ4n) is 1.26. The number of carboxylic acids is 1. The Labute approximate surface area is 96.8 Å². The van der Waals surface area contributed by atoms with Crippen molar-refractivity contribution >= 4 is 33.6 Å². The van der Waals surface area contributed by atoms with Gasteiger partial charge in [0.1, 0.15) is 0 Å². The van der Waals surface area contributed by atoms with Crippen LogP contribution in [0.5, 0.6) is 0 Å². The number of fused-ring (bicyclic) bond motifs is 1. The van der Waals surface area contributed by atoms with Crippen LogP contribution in [0.3, 0.4) is 0 Å². The van der Waals surface area contributed by atoms with Gasteiger partial charge in [-0.05, 0) is 11.4 Å². The molecular weight excluding hydrogens is 248 g/mol. The SMILES string of the molecule is O=C(O)c1nn2c(-c3cccs3)nnc2s1. The van der Waals surface area contributed by atoms with E-state index in [1.54, 1.807) is 0 Å². The molecule has 6 nitrogen and oxygen atoms in total. The van der Waals surface area contributed by atoms with Crippen LogP contribution < -0.4 is 0 Å². The molecule has 0 spiro atoms. The molecule has 0 aliphatic rings. The molecule has 1 N–H and O–H groups in total. The van der Waals surface area contributed by atoms with Gasteiger partial charge in [-0.3, -0.25) is 0 Å². The van der Waals surface area contributed by atoms with Gasteiger partial charge < -0.3 is 5.11 Å². The number of nitrogens with zero attached hydrogens (tertiary/aromatic N) is 4. The van der Waals surface area contributed by atoms with E-state index in [-0.39, 0.29) is 5.01 Å². The first-order valence-corrected chi connectivity index (χ1v) is 5.95. The van der Waals surface area contributed by atoms with Crippen LogP contribution in [0.25, 0.3) is 15.7 Å². The lowest BCUT2D eigenvalue weighted by Crippen LogP contribution is -1.97. The van der Waals surface area contributed by atoms with E-state index in [0.29, 0.717) is 10.8 Å². The first-order chi connectivity index (χ1) is 7.75. The number of hydrogen-bond donors (Lipinski definition) is 1. The van der Waals surface area contributed by atoms with E-state index in [2.05, 4.69) is 15.3 Å². The number of aromatic nitrogens is 4. The summed E-state index contributed by atoms with van der Waals surface area (Å²) in [5, 5.41) is 22.6. The van der Waals surface area contributed by atoms with E-state index < -0.39 is 5.97 Å². The van der Waals surface area contributed by atoms with Crippen molar-refractivity contribution in [2.24, 2.45) is 0 Å². The van der Waals surface area contributed by atoms with E-state index >= 15 is 0 Å². The fraction of sp³-hybridized carbons (Fsp3) is 0. The molecule has 3 heterocycles. The summed E-state index contributed by atoms with van der Waals surface area (Å²) < 4.78 is 1.46. The van der Waals surface area contributed by atoms with Crippen LogP contribution in [0.1, 0.15) is 9.80 Å². The molecule has 0 saturated heterocycles. The van der Waals surface area contributed by atoms with Gasteiger partial charge in [-0.15, -0.1) is 26.6 Å². The summed E-state index contributed by atoms with van der Waals surface area (Å²) >= 11 is 2.51. The Bertz CT molecular complexity index is 655. The zero-order chi connectivity index (χ0) is 11.1. The third-order valence-electron chi connectivity index (χ3n) is 1.92. The molecule has 0 radical (unpaired) electrons. The fourth-order valence-corrected chi connectivity index (χ4v) is 2.63. The van der Waals surface area contributed by atoms with Crippen molar-refractivity contribution in [3.8, 4) is 10.7 Å². The highest BCUT2D eigenvalue weighted by Crippen LogP contribution is 2.24.